The van der Waals surface area contributed by atoms with Crippen LogP contribution >= 0.6 is 23.2 Å². The number of methoxy groups -OCH3 is 1. The fourth-order valence-electron chi connectivity index (χ4n) is 3.14. The predicted molar refractivity (Wildman–Crippen MR) is 95.3 cm³/mol. The van der Waals surface area contributed by atoms with Crippen molar-refractivity contribution in [3.8, 4) is 5.75 Å². The van der Waals surface area contributed by atoms with Gasteiger partial charge in [0.15, 0.2) is 5.60 Å². The summed E-state index contributed by atoms with van der Waals surface area (Å²) in [6.45, 7) is 0. The Hall–Kier alpha value is -2.28. The Bertz CT molecular complexity index is 1020. The summed E-state index contributed by atoms with van der Waals surface area (Å²) in [4.78, 5) is 12.5. The molecule has 0 radical (unpaired) electrons. The minimum atomic E-state index is -1.85. The van der Waals surface area contributed by atoms with E-state index >= 15 is 0 Å². The van der Waals surface area contributed by atoms with Crippen LogP contribution in [0.15, 0.2) is 30.3 Å². The lowest BCUT2D eigenvalue weighted by Gasteiger charge is -2.21. The lowest BCUT2D eigenvalue weighted by Crippen LogP contribution is -2.36. The van der Waals surface area contributed by atoms with E-state index in [9.17, 15) is 9.90 Å². The minimum absolute atomic E-state index is 0.0434. The molecule has 0 aliphatic carbocycles. The van der Waals surface area contributed by atoms with Gasteiger partial charge in [0.25, 0.3) is 5.91 Å². The molecule has 2 aromatic carbocycles. The summed E-state index contributed by atoms with van der Waals surface area (Å²) >= 11 is 12.4. The van der Waals surface area contributed by atoms with Crippen LogP contribution in [0.3, 0.4) is 0 Å². The number of nitrogens with zero attached hydrogens (tertiary/aromatic N) is 1. The van der Waals surface area contributed by atoms with Gasteiger partial charge in [-0.05, 0) is 24.3 Å². The highest BCUT2D eigenvalue weighted by Gasteiger charge is 2.48. The molecule has 0 fully saturated rings. The summed E-state index contributed by atoms with van der Waals surface area (Å²) in [6, 6.07) is 8.54. The highest BCUT2D eigenvalue weighted by atomic mass is 35.5. The summed E-state index contributed by atoms with van der Waals surface area (Å²) < 4.78 is 5.18. The predicted octanol–water partition coefficient (Wildman–Crippen LogP) is 3.26. The zero-order valence-electron chi connectivity index (χ0n) is 13.1. The van der Waals surface area contributed by atoms with E-state index in [-0.39, 0.29) is 17.0 Å². The van der Waals surface area contributed by atoms with Crippen LogP contribution in [0.5, 0.6) is 5.75 Å². The zero-order valence-corrected chi connectivity index (χ0v) is 14.6. The number of hydrogen-bond acceptors (Lipinski definition) is 4. The Labute approximate surface area is 152 Å². The van der Waals surface area contributed by atoms with Gasteiger partial charge in [0.1, 0.15) is 5.75 Å². The van der Waals surface area contributed by atoms with Gasteiger partial charge < -0.3 is 15.2 Å². The first-order valence-electron chi connectivity index (χ1n) is 7.47. The van der Waals surface area contributed by atoms with E-state index in [1.807, 2.05) is 6.07 Å². The van der Waals surface area contributed by atoms with Crippen molar-refractivity contribution >= 4 is 45.7 Å². The Balaban J connectivity index is 1.82. The third-order valence-corrected chi connectivity index (χ3v) is 5.03. The number of hydrogen-bond donors (Lipinski definition) is 3. The molecular weight excluding hydrogens is 365 g/mol. The Morgan fingerprint density at radius 3 is 2.76 bits per heavy atom. The number of carbonyl (C=O) groups is 1. The van der Waals surface area contributed by atoms with Gasteiger partial charge in [-0.3, -0.25) is 9.89 Å². The van der Waals surface area contributed by atoms with E-state index in [0.29, 0.717) is 22.2 Å². The molecular formula is C17H13Cl2N3O3. The van der Waals surface area contributed by atoms with Crippen molar-refractivity contribution < 1.29 is 14.6 Å². The second-order valence-corrected chi connectivity index (χ2v) is 6.67. The van der Waals surface area contributed by atoms with Gasteiger partial charge in [0.2, 0.25) is 0 Å². The number of nitrogens with one attached hydrogen (secondary N) is 2. The number of rotatable bonds is 3. The highest BCUT2D eigenvalue weighted by molar-refractivity contribution is 6.38. The molecule has 3 aromatic rings. The largest absolute Gasteiger partial charge is 0.497 e. The number of aromatic amines is 1. The molecule has 0 saturated carbocycles. The maximum atomic E-state index is 12.5. The molecule has 25 heavy (non-hydrogen) atoms. The molecule has 2 heterocycles. The van der Waals surface area contributed by atoms with Crippen molar-refractivity contribution in [3.05, 3.63) is 51.6 Å². The number of aliphatic hydroxyl groups is 1. The number of anilines is 1. The lowest BCUT2D eigenvalue weighted by atomic mass is 9.89. The molecule has 1 aliphatic heterocycles. The molecule has 1 aliphatic rings. The van der Waals surface area contributed by atoms with Gasteiger partial charge in [-0.2, -0.15) is 5.10 Å². The average molecular weight is 378 g/mol. The number of amides is 1. The average Bonchev–Trinajstić information content (AvgIpc) is 3.11. The number of halogens is 2. The molecule has 1 aromatic heterocycles. The van der Waals surface area contributed by atoms with Crippen molar-refractivity contribution in [2.24, 2.45) is 0 Å². The molecule has 3 N–H and O–H groups in total. The summed E-state index contributed by atoms with van der Waals surface area (Å²) in [7, 11) is 1.58. The lowest BCUT2D eigenvalue weighted by molar-refractivity contribution is -0.133. The van der Waals surface area contributed by atoms with Crippen molar-refractivity contribution in [2.75, 3.05) is 12.4 Å². The number of benzene rings is 2. The van der Waals surface area contributed by atoms with Gasteiger partial charge >= 0.3 is 0 Å². The molecule has 0 saturated heterocycles. The monoisotopic (exact) mass is 377 g/mol. The maximum Gasteiger partial charge on any atom is 0.261 e. The molecule has 1 unspecified atom stereocenters. The van der Waals surface area contributed by atoms with Crippen LogP contribution in [0.4, 0.5) is 5.69 Å². The van der Waals surface area contributed by atoms with Gasteiger partial charge in [0.05, 0.1) is 29.0 Å². The fourth-order valence-corrected chi connectivity index (χ4v) is 3.66. The highest BCUT2D eigenvalue weighted by Crippen LogP contribution is 2.46. The van der Waals surface area contributed by atoms with E-state index in [1.54, 1.807) is 31.4 Å². The summed E-state index contributed by atoms with van der Waals surface area (Å²) in [5, 5.41) is 22.2. The fraction of sp³-hybridized carbons (Fsp3) is 0.176. The second-order valence-electron chi connectivity index (χ2n) is 5.85. The van der Waals surface area contributed by atoms with Crippen LogP contribution in [0.1, 0.15) is 11.3 Å². The molecule has 8 heteroatoms. The normalized spacial score (nSPS) is 19.1. The van der Waals surface area contributed by atoms with E-state index in [0.717, 1.165) is 10.9 Å². The first kappa shape index (κ1) is 16.2. The number of fused-ring (bicyclic) bond motifs is 2. The van der Waals surface area contributed by atoms with Gasteiger partial charge in [-0.25, -0.2) is 0 Å². The first-order valence-corrected chi connectivity index (χ1v) is 8.23. The Morgan fingerprint density at radius 2 is 2.00 bits per heavy atom. The van der Waals surface area contributed by atoms with Crippen molar-refractivity contribution in [2.45, 2.75) is 12.0 Å². The second kappa shape index (κ2) is 5.62. The van der Waals surface area contributed by atoms with Crippen molar-refractivity contribution in [1.29, 1.82) is 0 Å². The first-order chi connectivity index (χ1) is 11.9. The molecule has 4 rings (SSSR count). The third-order valence-electron chi connectivity index (χ3n) is 4.40. The Morgan fingerprint density at radius 1 is 1.24 bits per heavy atom. The van der Waals surface area contributed by atoms with Crippen molar-refractivity contribution in [3.63, 3.8) is 0 Å². The Kier molecular flexibility index (Phi) is 3.64. The van der Waals surface area contributed by atoms with Gasteiger partial charge in [-0.1, -0.05) is 23.2 Å². The number of carbonyl (C=O) groups excluding carboxylic acids is 1. The smallest absolute Gasteiger partial charge is 0.261 e. The SMILES string of the molecule is COc1ccc2c(CC3(O)C(=O)Nc4c(Cl)ccc(Cl)c43)n[nH]c2c1. The summed E-state index contributed by atoms with van der Waals surface area (Å²) in [5.41, 5.74) is 0.0480. The van der Waals surface area contributed by atoms with Crippen LogP contribution in [0.25, 0.3) is 10.9 Å². The van der Waals surface area contributed by atoms with Crippen LogP contribution in [0, 0.1) is 0 Å². The summed E-state index contributed by atoms with van der Waals surface area (Å²) in [5.74, 6) is 0.0994. The third kappa shape index (κ3) is 2.37. The number of H-pyrrole nitrogens is 1. The molecule has 128 valence electrons. The van der Waals surface area contributed by atoms with Crippen LogP contribution < -0.4 is 10.1 Å². The number of aromatic nitrogens is 2. The quantitative estimate of drug-likeness (QED) is 0.653. The van der Waals surface area contributed by atoms with Crippen LogP contribution in [-0.4, -0.2) is 28.3 Å². The number of ether oxygens (including phenoxy) is 1. The van der Waals surface area contributed by atoms with E-state index in [2.05, 4.69) is 15.5 Å². The molecule has 1 amide bonds. The summed E-state index contributed by atoms with van der Waals surface area (Å²) in [6.07, 6.45) is -0.0434. The molecule has 0 spiro atoms. The molecule has 1 atom stereocenters. The zero-order chi connectivity index (χ0) is 17.8. The molecule has 0 bridgehead atoms. The van der Waals surface area contributed by atoms with E-state index in [1.165, 1.54) is 0 Å². The maximum absolute atomic E-state index is 12.5. The molecule has 6 nitrogen and oxygen atoms in total. The van der Waals surface area contributed by atoms with E-state index < -0.39 is 11.5 Å². The van der Waals surface area contributed by atoms with Crippen LogP contribution in [-0.2, 0) is 16.8 Å². The van der Waals surface area contributed by atoms with E-state index in [4.69, 9.17) is 27.9 Å². The van der Waals surface area contributed by atoms with Crippen LogP contribution in [0.2, 0.25) is 10.0 Å². The minimum Gasteiger partial charge on any atom is -0.497 e. The topological polar surface area (TPSA) is 87.2 Å². The van der Waals surface area contributed by atoms with Gasteiger partial charge in [0, 0.05) is 28.5 Å². The van der Waals surface area contributed by atoms with Crippen molar-refractivity contribution in [1.82, 2.24) is 10.2 Å². The van der Waals surface area contributed by atoms with Gasteiger partial charge in [-0.15, -0.1) is 0 Å². The standard InChI is InChI=1S/C17H13Cl2N3O3/c1-25-8-2-3-9-12(6-8)21-22-13(9)7-17(24)14-10(18)4-5-11(19)15(14)20-16(17)23/h2-6,24H,7H2,1H3,(H,20,23)(H,21,22).